The van der Waals surface area contributed by atoms with Gasteiger partial charge in [0.15, 0.2) is 5.69 Å². The van der Waals surface area contributed by atoms with E-state index in [0.717, 1.165) is 33.3 Å². The van der Waals surface area contributed by atoms with Crippen molar-refractivity contribution in [3.8, 4) is 11.1 Å². The van der Waals surface area contributed by atoms with Gasteiger partial charge in [0, 0.05) is 35.5 Å². The minimum Gasteiger partial charge on any atom is -0.464 e. The van der Waals surface area contributed by atoms with Gasteiger partial charge < -0.3 is 4.74 Å². The van der Waals surface area contributed by atoms with Gasteiger partial charge in [0.2, 0.25) is 0 Å². The van der Waals surface area contributed by atoms with E-state index < -0.39 is 5.97 Å². The molecule has 0 radical (unpaired) electrons. The van der Waals surface area contributed by atoms with Crippen molar-refractivity contribution in [2.45, 2.75) is 12.8 Å². The SMILES string of the molecule is COC(=O)c1nc([C@@H](C)c2cnccn2)c2ccccc2c1-c1ccccc1. The summed E-state index contributed by atoms with van der Waals surface area (Å²) in [5.41, 5.74) is 3.57. The van der Waals surface area contributed by atoms with Gasteiger partial charge in [-0.15, -0.1) is 0 Å². The molecule has 2 heterocycles. The summed E-state index contributed by atoms with van der Waals surface area (Å²) in [7, 11) is 1.37. The number of rotatable bonds is 4. The molecule has 0 bridgehead atoms. The van der Waals surface area contributed by atoms with Crippen molar-refractivity contribution in [3.63, 3.8) is 0 Å². The van der Waals surface area contributed by atoms with Gasteiger partial charge in [-0.05, 0) is 10.9 Å². The van der Waals surface area contributed by atoms with Crippen LogP contribution >= 0.6 is 0 Å². The highest BCUT2D eigenvalue weighted by Crippen LogP contribution is 2.36. The molecule has 0 unspecified atom stereocenters. The van der Waals surface area contributed by atoms with Crippen LogP contribution in [0.2, 0.25) is 0 Å². The van der Waals surface area contributed by atoms with E-state index >= 15 is 0 Å². The summed E-state index contributed by atoms with van der Waals surface area (Å²) in [5.74, 6) is -0.593. The number of ether oxygens (including phenoxy) is 1. The van der Waals surface area contributed by atoms with E-state index in [2.05, 4.69) is 9.97 Å². The fourth-order valence-electron chi connectivity index (χ4n) is 3.43. The van der Waals surface area contributed by atoms with Crippen molar-refractivity contribution in [3.05, 3.63) is 90.3 Å². The average Bonchev–Trinajstić information content (AvgIpc) is 2.78. The molecule has 4 rings (SSSR count). The van der Waals surface area contributed by atoms with Gasteiger partial charge in [-0.2, -0.15) is 0 Å². The molecule has 0 saturated heterocycles. The molecule has 0 N–H and O–H groups in total. The molecule has 0 aliphatic rings. The third-order valence-corrected chi connectivity index (χ3v) is 4.82. The van der Waals surface area contributed by atoms with E-state index in [0.29, 0.717) is 5.69 Å². The van der Waals surface area contributed by atoms with Crippen molar-refractivity contribution >= 4 is 16.7 Å². The molecule has 1 atom stereocenters. The lowest BCUT2D eigenvalue weighted by atomic mass is 9.91. The first-order chi connectivity index (χ1) is 13.7. The summed E-state index contributed by atoms with van der Waals surface area (Å²) in [6, 6.07) is 17.8. The van der Waals surface area contributed by atoms with Crippen LogP contribution in [0, 0.1) is 0 Å². The molecule has 0 saturated carbocycles. The van der Waals surface area contributed by atoms with Gasteiger partial charge >= 0.3 is 5.97 Å². The van der Waals surface area contributed by atoms with Crippen LogP contribution in [-0.4, -0.2) is 28.0 Å². The number of pyridine rings is 1. The lowest BCUT2D eigenvalue weighted by Crippen LogP contribution is -2.12. The third kappa shape index (κ3) is 3.11. The number of benzene rings is 2. The Kier molecular flexibility index (Phi) is 4.81. The molecule has 4 aromatic rings. The van der Waals surface area contributed by atoms with Gasteiger partial charge in [-0.3, -0.25) is 9.97 Å². The Morgan fingerprint density at radius 2 is 1.68 bits per heavy atom. The standard InChI is InChI=1S/C23H19N3O2/c1-15(19-14-24-12-13-25-19)21-18-11-7-6-10-17(18)20(16-8-4-3-5-9-16)22(26-21)23(27)28-2/h3-15H,1-2H3/t15-/m0/s1. The monoisotopic (exact) mass is 369 g/mol. The summed E-state index contributed by atoms with van der Waals surface area (Å²) < 4.78 is 5.06. The first kappa shape index (κ1) is 17.8. The molecule has 0 fully saturated rings. The quantitative estimate of drug-likeness (QED) is 0.491. The summed E-state index contributed by atoms with van der Waals surface area (Å²) in [4.78, 5) is 26.0. The largest absolute Gasteiger partial charge is 0.464 e. The molecule has 0 amide bonds. The molecule has 2 aromatic carbocycles. The van der Waals surface area contributed by atoms with Crippen LogP contribution in [0.25, 0.3) is 21.9 Å². The van der Waals surface area contributed by atoms with E-state index in [-0.39, 0.29) is 5.92 Å². The number of aromatic nitrogens is 3. The van der Waals surface area contributed by atoms with Crippen LogP contribution in [0.15, 0.2) is 73.2 Å². The molecule has 0 aliphatic carbocycles. The highest BCUT2D eigenvalue weighted by Gasteiger charge is 2.24. The first-order valence-corrected chi connectivity index (χ1v) is 9.03. The van der Waals surface area contributed by atoms with Crippen molar-refractivity contribution < 1.29 is 9.53 Å². The number of methoxy groups -OCH3 is 1. The maximum absolute atomic E-state index is 12.6. The molecule has 0 spiro atoms. The molecule has 0 aliphatic heterocycles. The predicted molar refractivity (Wildman–Crippen MR) is 108 cm³/mol. The Morgan fingerprint density at radius 3 is 2.36 bits per heavy atom. The molecular formula is C23H19N3O2. The summed E-state index contributed by atoms with van der Waals surface area (Å²) in [6.45, 7) is 2.02. The molecular weight excluding hydrogens is 350 g/mol. The Balaban J connectivity index is 2.05. The number of fused-ring (bicyclic) bond motifs is 1. The van der Waals surface area contributed by atoms with Crippen molar-refractivity contribution in [1.82, 2.24) is 15.0 Å². The predicted octanol–water partition coefficient (Wildman–Crippen LogP) is 4.63. The lowest BCUT2D eigenvalue weighted by molar-refractivity contribution is 0.0595. The van der Waals surface area contributed by atoms with E-state index in [4.69, 9.17) is 9.72 Å². The van der Waals surface area contributed by atoms with Crippen LogP contribution in [-0.2, 0) is 4.74 Å². The zero-order valence-corrected chi connectivity index (χ0v) is 15.7. The minimum atomic E-state index is -0.461. The van der Waals surface area contributed by atoms with Crippen molar-refractivity contribution in [2.24, 2.45) is 0 Å². The molecule has 5 nitrogen and oxygen atoms in total. The number of nitrogens with zero attached hydrogens (tertiary/aromatic N) is 3. The van der Waals surface area contributed by atoms with Gasteiger partial charge in [-0.25, -0.2) is 9.78 Å². The Hall–Kier alpha value is -3.60. The highest BCUT2D eigenvalue weighted by atomic mass is 16.5. The van der Waals surface area contributed by atoms with Crippen LogP contribution in [0.5, 0.6) is 0 Å². The fraction of sp³-hybridized carbons (Fsp3) is 0.130. The van der Waals surface area contributed by atoms with Crippen LogP contribution in [0.4, 0.5) is 0 Å². The highest BCUT2D eigenvalue weighted by molar-refractivity contribution is 6.07. The minimum absolute atomic E-state index is 0.133. The van der Waals surface area contributed by atoms with E-state index in [1.807, 2.05) is 61.5 Å². The first-order valence-electron chi connectivity index (χ1n) is 9.03. The maximum Gasteiger partial charge on any atom is 0.357 e. The number of carbonyl (C=O) groups excluding carboxylic acids is 1. The van der Waals surface area contributed by atoms with E-state index in [1.54, 1.807) is 18.6 Å². The van der Waals surface area contributed by atoms with Gasteiger partial charge in [0.25, 0.3) is 0 Å². The summed E-state index contributed by atoms with van der Waals surface area (Å²) >= 11 is 0. The maximum atomic E-state index is 12.6. The molecule has 5 heteroatoms. The number of esters is 1. The number of hydrogen-bond acceptors (Lipinski definition) is 5. The molecule has 2 aromatic heterocycles. The Morgan fingerprint density at radius 1 is 0.964 bits per heavy atom. The molecule has 138 valence electrons. The number of carbonyl (C=O) groups is 1. The van der Waals surface area contributed by atoms with Crippen LogP contribution < -0.4 is 0 Å². The Bertz CT molecular complexity index is 1130. The topological polar surface area (TPSA) is 65.0 Å². The van der Waals surface area contributed by atoms with Crippen molar-refractivity contribution in [2.75, 3.05) is 7.11 Å². The summed E-state index contributed by atoms with van der Waals surface area (Å²) in [6.07, 6.45) is 5.03. The van der Waals surface area contributed by atoms with Crippen molar-refractivity contribution in [1.29, 1.82) is 0 Å². The molecule has 28 heavy (non-hydrogen) atoms. The second-order valence-electron chi connectivity index (χ2n) is 6.48. The smallest absolute Gasteiger partial charge is 0.357 e. The van der Waals surface area contributed by atoms with Gasteiger partial charge in [0.05, 0.1) is 18.5 Å². The fourth-order valence-corrected chi connectivity index (χ4v) is 3.43. The third-order valence-electron chi connectivity index (χ3n) is 4.82. The normalized spacial score (nSPS) is 11.9. The Labute approximate surface area is 163 Å². The van der Waals surface area contributed by atoms with Crippen LogP contribution in [0.3, 0.4) is 0 Å². The van der Waals surface area contributed by atoms with E-state index in [9.17, 15) is 4.79 Å². The second kappa shape index (κ2) is 7.56. The lowest BCUT2D eigenvalue weighted by Gasteiger charge is -2.18. The second-order valence-corrected chi connectivity index (χ2v) is 6.48. The zero-order valence-electron chi connectivity index (χ0n) is 15.7. The van der Waals surface area contributed by atoms with E-state index in [1.165, 1.54) is 7.11 Å². The van der Waals surface area contributed by atoms with Gasteiger partial charge in [-0.1, -0.05) is 61.5 Å². The summed E-state index contributed by atoms with van der Waals surface area (Å²) in [5, 5.41) is 1.93. The average molecular weight is 369 g/mol. The van der Waals surface area contributed by atoms with Gasteiger partial charge in [0.1, 0.15) is 0 Å². The zero-order chi connectivity index (χ0) is 19.5. The number of hydrogen-bond donors (Lipinski definition) is 0. The van der Waals surface area contributed by atoms with Crippen LogP contribution in [0.1, 0.15) is 34.7 Å².